The van der Waals surface area contributed by atoms with Crippen molar-refractivity contribution in [3.8, 4) is 5.75 Å². The number of benzene rings is 3. The van der Waals surface area contributed by atoms with Gasteiger partial charge >= 0.3 is 0 Å². The van der Waals surface area contributed by atoms with Crippen molar-refractivity contribution in [1.82, 2.24) is 0 Å². The molecule has 0 amide bonds. The minimum Gasteiger partial charge on any atom is -0.496 e. The van der Waals surface area contributed by atoms with Gasteiger partial charge in [-0.25, -0.2) is 0 Å². The van der Waals surface area contributed by atoms with Crippen LogP contribution in [0.3, 0.4) is 0 Å². The summed E-state index contributed by atoms with van der Waals surface area (Å²) < 4.78 is 10.6. The highest BCUT2D eigenvalue weighted by Gasteiger charge is 2.16. The van der Waals surface area contributed by atoms with E-state index in [1.54, 1.807) is 32.1 Å². The minimum atomic E-state index is -0.0393. The molecule has 1 heterocycles. The zero-order valence-electron chi connectivity index (χ0n) is 16.3. The molecule has 3 aromatic carbocycles. The van der Waals surface area contributed by atoms with Crippen molar-refractivity contribution in [3.63, 3.8) is 0 Å². The Hall–Kier alpha value is -3.02. The molecule has 1 N–H and O–H groups in total. The highest BCUT2D eigenvalue weighted by molar-refractivity contribution is 7.99. The van der Waals surface area contributed by atoms with Crippen LogP contribution in [0.25, 0.3) is 6.08 Å². The Labute approximate surface area is 174 Å². The Morgan fingerprint density at radius 2 is 1.83 bits per heavy atom. The number of ether oxygens (including phenoxy) is 2. The van der Waals surface area contributed by atoms with Crippen molar-refractivity contribution in [2.45, 2.75) is 16.4 Å². The fourth-order valence-electron chi connectivity index (χ4n) is 3.23. The number of hydrogen-bond acceptors (Lipinski definition) is 5. The van der Waals surface area contributed by atoms with Crippen LogP contribution >= 0.6 is 11.8 Å². The molecule has 0 fully saturated rings. The summed E-state index contributed by atoms with van der Waals surface area (Å²) >= 11 is 1.71. The standard InChI is InChI=1S/C24H21NO3S/c1-27-15-18-13-16(8-11-22(18)28-2)7-10-21(26)17-9-12-24-20(14-17)25-19-5-3-4-6-23(19)29-24/h3-14,25H,15H2,1-2H3/b10-7+. The molecule has 0 saturated carbocycles. The minimum absolute atomic E-state index is 0.0393. The molecule has 0 saturated heterocycles. The summed E-state index contributed by atoms with van der Waals surface area (Å²) in [5.41, 5.74) is 4.54. The zero-order valence-corrected chi connectivity index (χ0v) is 17.1. The van der Waals surface area contributed by atoms with Gasteiger partial charge in [-0.15, -0.1) is 0 Å². The van der Waals surface area contributed by atoms with Crippen LogP contribution in [0, 0.1) is 0 Å². The van der Waals surface area contributed by atoms with Crippen LogP contribution < -0.4 is 10.1 Å². The van der Waals surface area contributed by atoms with Crippen molar-refractivity contribution >= 4 is 35.0 Å². The van der Waals surface area contributed by atoms with Crippen molar-refractivity contribution in [1.29, 1.82) is 0 Å². The Morgan fingerprint density at radius 1 is 1.00 bits per heavy atom. The van der Waals surface area contributed by atoms with Crippen LogP contribution in [0.1, 0.15) is 21.5 Å². The Bertz CT molecular complexity index is 1090. The van der Waals surface area contributed by atoms with Crippen LogP contribution in [0.2, 0.25) is 0 Å². The predicted molar refractivity (Wildman–Crippen MR) is 117 cm³/mol. The summed E-state index contributed by atoms with van der Waals surface area (Å²) in [4.78, 5) is 15.0. The number of carbonyl (C=O) groups excluding carboxylic acids is 1. The number of rotatable bonds is 6. The second-order valence-corrected chi connectivity index (χ2v) is 7.72. The Balaban J connectivity index is 1.53. The number of ketones is 1. The van der Waals surface area contributed by atoms with Crippen molar-refractivity contribution in [3.05, 3.63) is 83.4 Å². The van der Waals surface area contributed by atoms with E-state index >= 15 is 0 Å². The van der Waals surface area contributed by atoms with Gasteiger partial charge in [0.15, 0.2) is 5.78 Å². The molecule has 4 nitrogen and oxygen atoms in total. The maximum atomic E-state index is 12.7. The summed E-state index contributed by atoms with van der Waals surface area (Å²) in [5, 5.41) is 3.42. The molecule has 4 rings (SSSR count). The number of fused-ring (bicyclic) bond motifs is 2. The Morgan fingerprint density at radius 3 is 2.66 bits per heavy atom. The van der Waals surface area contributed by atoms with E-state index < -0.39 is 0 Å². The zero-order chi connectivity index (χ0) is 20.2. The molecule has 5 heteroatoms. The summed E-state index contributed by atoms with van der Waals surface area (Å²) in [6, 6.07) is 19.7. The second kappa shape index (κ2) is 8.55. The van der Waals surface area contributed by atoms with E-state index in [2.05, 4.69) is 11.4 Å². The molecule has 29 heavy (non-hydrogen) atoms. The van der Waals surface area contributed by atoms with Gasteiger partial charge < -0.3 is 14.8 Å². The SMILES string of the molecule is COCc1cc(/C=C/C(=O)c2ccc3c(c2)Nc2ccccc2S3)ccc1OC. The third-order valence-corrected chi connectivity index (χ3v) is 5.82. The van der Waals surface area contributed by atoms with Gasteiger partial charge in [-0.3, -0.25) is 4.79 Å². The smallest absolute Gasteiger partial charge is 0.185 e. The lowest BCUT2D eigenvalue weighted by molar-refractivity contribution is 0.104. The molecule has 0 atom stereocenters. The fourth-order valence-corrected chi connectivity index (χ4v) is 4.20. The Kier molecular flexibility index (Phi) is 5.69. The van der Waals surface area contributed by atoms with E-state index in [1.807, 2.05) is 60.7 Å². The number of allylic oxidation sites excluding steroid dienone is 1. The largest absolute Gasteiger partial charge is 0.496 e. The quantitative estimate of drug-likeness (QED) is 0.319. The summed E-state index contributed by atoms with van der Waals surface area (Å²) in [6.07, 6.45) is 3.42. The first-order valence-electron chi connectivity index (χ1n) is 9.24. The summed E-state index contributed by atoms with van der Waals surface area (Å²) in [5.74, 6) is 0.733. The van der Waals surface area contributed by atoms with Crippen LogP contribution in [0.5, 0.6) is 5.75 Å². The van der Waals surface area contributed by atoms with Crippen LogP contribution in [0.15, 0.2) is 76.5 Å². The van der Waals surface area contributed by atoms with E-state index in [4.69, 9.17) is 9.47 Å². The molecular weight excluding hydrogens is 382 g/mol. The third kappa shape index (κ3) is 4.21. The van der Waals surface area contributed by atoms with Crippen LogP contribution in [0.4, 0.5) is 11.4 Å². The van der Waals surface area contributed by atoms with E-state index in [0.29, 0.717) is 12.2 Å². The van der Waals surface area contributed by atoms with E-state index in [9.17, 15) is 4.79 Å². The van der Waals surface area contributed by atoms with Gasteiger partial charge in [0, 0.05) is 28.0 Å². The highest BCUT2D eigenvalue weighted by atomic mass is 32.2. The second-order valence-electron chi connectivity index (χ2n) is 6.64. The molecule has 1 aliphatic heterocycles. The van der Waals surface area contributed by atoms with Crippen LogP contribution in [-0.2, 0) is 11.3 Å². The average Bonchev–Trinajstić information content (AvgIpc) is 2.76. The molecule has 0 aromatic heterocycles. The van der Waals surface area contributed by atoms with Gasteiger partial charge in [-0.05, 0) is 54.1 Å². The van der Waals surface area contributed by atoms with Gasteiger partial charge in [0.05, 0.1) is 25.1 Å². The maximum absolute atomic E-state index is 12.7. The number of para-hydroxylation sites is 1. The van der Waals surface area contributed by atoms with Crippen molar-refractivity contribution < 1.29 is 14.3 Å². The highest BCUT2D eigenvalue weighted by Crippen LogP contribution is 2.44. The predicted octanol–water partition coefficient (Wildman–Crippen LogP) is 5.95. The number of hydrogen-bond donors (Lipinski definition) is 1. The topological polar surface area (TPSA) is 47.6 Å². The van der Waals surface area contributed by atoms with E-state index in [-0.39, 0.29) is 5.78 Å². The average molecular weight is 404 g/mol. The lowest BCUT2D eigenvalue weighted by atomic mass is 10.1. The fraction of sp³-hybridized carbons (Fsp3) is 0.125. The van der Waals surface area contributed by atoms with Crippen molar-refractivity contribution in [2.24, 2.45) is 0 Å². The normalized spacial score (nSPS) is 12.2. The lowest BCUT2D eigenvalue weighted by Gasteiger charge is -2.20. The maximum Gasteiger partial charge on any atom is 0.185 e. The molecular formula is C24H21NO3S. The van der Waals surface area contributed by atoms with Gasteiger partial charge in [0.25, 0.3) is 0 Å². The molecule has 1 aliphatic rings. The number of nitrogens with one attached hydrogen (secondary N) is 1. The molecule has 0 bridgehead atoms. The molecule has 0 spiro atoms. The first kappa shape index (κ1) is 19.3. The van der Waals surface area contributed by atoms with Gasteiger partial charge in [0.1, 0.15) is 5.75 Å². The third-order valence-electron chi connectivity index (χ3n) is 4.67. The van der Waals surface area contributed by atoms with Crippen LogP contribution in [-0.4, -0.2) is 20.0 Å². The number of carbonyl (C=O) groups is 1. The summed E-state index contributed by atoms with van der Waals surface area (Å²) in [6.45, 7) is 0.453. The van der Waals surface area contributed by atoms with E-state index in [0.717, 1.165) is 33.1 Å². The molecule has 146 valence electrons. The number of anilines is 2. The summed E-state index contributed by atoms with van der Waals surface area (Å²) in [7, 11) is 3.28. The van der Waals surface area contributed by atoms with Gasteiger partial charge in [0.2, 0.25) is 0 Å². The number of methoxy groups -OCH3 is 2. The van der Waals surface area contributed by atoms with Crippen molar-refractivity contribution in [2.75, 3.05) is 19.5 Å². The molecule has 0 radical (unpaired) electrons. The van der Waals surface area contributed by atoms with Gasteiger partial charge in [-0.1, -0.05) is 36.0 Å². The monoisotopic (exact) mass is 403 g/mol. The first-order valence-corrected chi connectivity index (χ1v) is 10.1. The molecule has 0 aliphatic carbocycles. The molecule has 0 unspecified atom stereocenters. The van der Waals surface area contributed by atoms with Gasteiger partial charge in [-0.2, -0.15) is 0 Å². The lowest BCUT2D eigenvalue weighted by Crippen LogP contribution is -2.02. The van der Waals surface area contributed by atoms with E-state index in [1.165, 1.54) is 4.90 Å². The molecule has 3 aromatic rings. The first-order chi connectivity index (χ1) is 14.2.